The maximum absolute atomic E-state index is 6.12. The molecule has 0 aliphatic carbocycles. The molecule has 0 spiro atoms. The molecule has 17 heavy (non-hydrogen) atoms. The molecule has 1 rings (SSSR count). The lowest BCUT2D eigenvalue weighted by Gasteiger charge is -2.54. The molecule has 3 N–H and O–H groups in total. The second-order valence-corrected chi connectivity index (χ2v) is 6.44. The molecule has 0 unspecified atom stereocenters. The molecular weight excluding hydrogens is 210 g/mol. The summed E-state index contributed by atoms with van der Waals surface area (Å²) in [6.07, 6.45) is 3.47. The predicted molar refractivity (Wildman–Crippen MR) is 77.3 cm³/mol. The molecule has 0 aromatic heterocycles. The number of nitrogens with one attached hydrogen (secondary N) is 1. The molecule has 1 heterocycles. The van der Waals surface area contributed by atoms with Gasteiger partial charge in [0, 0.05) is 17.1 Å². The molecule has 104 valence electrons. The van der Waals surface area contributed by atoms with Crippen molar-refractivity contribution >= 4 is 0 Å². The molecule has 1 aliphatic rings. The highest BCUT2D eigenvalue weighted by molar-refractivity contribution is 5.01. The van der Waals surface area contributed by atoms with Gasteiger partial charge in [0.15, 0.2) is 0 Å². The molecule has 0 atom stereocenters. The molecule has 0 aromatic rings. The van der Waals surface area contributed by atoms with Crippen LogP contribution in [-0.2, 0) is 0 Å². The van der Waals surface area contributed by atoms with Crippen LogP contribution in [0, 0.1) is 0 Å². The lowest BCUT2D eigenvalue weighted by Crippen LogP contribution is -2.63. The van der Waals surface area contributed by atoms with Crippen LogP contribution in [0.3, 0.4) is 0 Å². The number of hydrogen-bond acceptors (Lipinski definition) is 3. The third kappa shape index (κ3) is 4.94. The third-order valence-corrected chi connectivity index (χ3v) is 3.43. The Morgan fingerprint density at radius 3 is 1.76 bits per heavy atom. The molecule has 0 aromatic carbocycles. The second-order valence-electron chi connectivity index (χ2n) is 6.44. The van der Waals surface area contributed by atoms with Gasteiger partial charge in [-0.1, -0.05) is 6.92 Å². The van der Waals surface area contributed by atoms with Gasteiger partial charge in [0.05, 0.1) is 0 Å². The minimum atomic E-state index is 0.261. The quantitative estimate of drug-likeness (QED) is 0.781. The fourth-order valence-corrected chi connectivity index (χ4v) is 3.22. The van der Waals surface area contributed by atoms with E-state index in [4.69, 9.17) is 5.73 Å². The average molecular weight is 243 g/mol. The highest BCUT2D eigenvalue weighted by Crippen LogP contribution is 2.37. The summed E-state index contributed by atoms with van der Waals surface area (Å²) in [7, 11) is 3.75. The molecule has 1 fully saturated rings. The number of rotatable bonds is 2. The first kappa shape index (κ1) is 16.9. The number of hydrogen-bond donors (Lipinski definition) is 2. The number of nitrogens with zero attached hydrogens (tertiary/aromatic N) is 1. The van der Waals surface area contributed by atoms with Crippen LogP contribution in [0.4, 0.5) is 0 Å². The van der Waals surface area contributed by atoms with E-state index in [1.54, 1.807) is 0 Å². The van der Waals surface area contributed by atoms with E-state index in [1.165, 1.54) is 13.0 Å². The van der Waals surface area contributed by atoms with Crippen molar-refractivity contribution in [2.45, 2.75) is 71.0 Å². The first-order chi connectivity index (χ1) is 7.71. The van der Waals surface area contributed by atoms with E-state index in [-0.39, 0.29) is 11.1 Å². The molecule has 0 amide bonds. The van der Waals surface area contributed by atoms with E-state index in [2.05, 4.69) is 44.8 Å². The van der Waals surface area contributed by atoms with Gasteiger partial charge in [0.2, 0.25) is 0 Å². The number of likely N-dealkylation sites (tertiary alicyclic amines) is 1. The molecule has 0 bridgehead atoms. The summed E-state index contributed by atoms with van der Waals surface area (Å²) < 4.78 is 0. The van der Waals surface area contributed by atoms with Crippen LogP contribution >= 0.6 is 0 Å². The van der Waals surface area contributed by atoms with Crippen LogP contribution in [-0.4, -0.2) is 42.7 Å². The maximum atomic E-state index is 6.12. The standard InChI is InChI=1S/C12H26N2.C2H7N/c1-6-7-14-11(2,3)8-10(13)9-12(14,4)5;1-3-2/h10H,6-9,13H2,1-5H3;3H,1-2H3. The van der Waals surface area contributed by atoms with E-state index >= 15 is 0 Å². The van der Waals surface area contributed by atoms with Crippen molar-refractivity contribution in [3.05, 3.63) is 0 Å². The Morgan fingerprint density at radius 1 is 1.12 bits per heavy atom. The Kier molecular flexibility index (Phi) is 6.67. The van der Waals surface area contributed by atoms with Crippen molar-refractivity contribution in [1.29, 1.82) is 0 Å². The smallest absolute Gasteiger partial charge is 0.0173 e. The van der Waals surface area contributed by atoms with Crippen LogP contribution in [0.15, 0.2) is 0 Å². The Labute approximate surface area is 108 Å². The van der Waals surface area contributed by atoms with Crippen LogP contribution in [0.25, 0.3) is 0 Å². The summed E-state index contributed by atoms with van der Waals surface area (Å²) in [5.41, 5.74) is 6.64. The first-order valence-electron chi connectivity index (χ1n) is 6.83. The molecule has 0 radical (unpaired) electrons. The lowest BCUT2D eigenvalue weighted by atomic mass is 9.77. The van der Waals surface area contributed by atoms with Gasteiger partial charge >= 0.3 is 0 Å². The van der Waals surface area contributed by atoms with Crippen molar-refractivity contribution in [2.75, 3.05) is 20.6 Å². The van der Waals surface area contributed by atoms with Gasteiger partial charge in [0.25, 0.3) is 0 Å². The third-order valence-electron chi connectivity index (χ3n) is 3.43. The van der Waals surface area contributed by atoms with E-state index in [0.717, 1.165) is 12.8 Å². The van der Waals surface area contributed by atoms with E-state index < -0.39 is 0 Å². The van der Waals surface area contributed by atoms with Gasteiger partial charge in [-0.3, -0.25) is 4.90 Å². The first-order valence-corrected chi connectivity index (χ1v) is 6.83. The van der Waals surface area contributed by atoms with Crippen molar-refractivity contribution < 1.29 is 0 Å². The second kappa shape index (κ2) is 6.72. The highest BCUT2D eigenvalue weighted by Gasteiger charge is 2.43. The van der Waals surface area contributed by atoms with Gasteiger partial charge in [-0.05, 0) is 67.6 Å². The maximum Gasteiger partial charge on any atom is 0.0173 e. The lowest BCUT2D eigenvalue weighted by molar-refractivity contribution is -0.0343. The zero-order chi connectivity index (χ0) is 13.7. The van der Waals surface area contributed by atoms with Crippen molar-refractivity contribution in [3.63, 3.8) is 0 Å². The van der Waals surface area contributed by atoms with Gasteiger partial charge in [-0.2, -0.15) is 0 Å². The summed E-state index contributed by atoms with van der Waals surface area (Å²) in [4.78, 5) is 2.63. The number of piperidine rings is 1. The van der Waals surface area contributed by atoms with E-state index in [0.29, 0.717) is 6.04 Å². The molecule has 3 heteroatoms. The number of nitrogens with two attached hydrogens (primary N) is 1. The Morgan fingerprint density at radius 2 is 1.47 bits per heavy atom. The summed E-state index contributed by atoms with van der Waals surface area (Å²) in [5.74, 6) is 0. The molecular formula is C14H33N3. The molecule has 1 aliphatic heterocycles. The fraction of sp³-hybridized carbons (Fsp3) is 1.00. The summed E-state index contributed by atoms with van der Waals surface area (Å²) in [5, 5.41) is 2.75. The van der Waals surface area contributed by atoms with Gasteiger partial charge < -0.3 is 11.1 Å². The Hall–Kier alpha value is -0.120. The normalized spacial score (nSPS) is 24.0. The summed E-state index contributed by atoms with van der Waals surface area (Å²) in [6, 6.07) is 0.369. The Balaban J connectivity index is 0.000000770. The van der Waals surface area contributed by atoms with Crippen LogP contribution in [0.1, 0.15) is 53.9 Å². The zero-order valence-corrected chi connectivity index (χ0v) is 12.9. The highest BCUT2D eigenvalue weighted by atomic mass is 15.3. The minimum Gasteiger partial charge on any atom is -0.328 e. The molecule has 3 nitrogen and oxygen atoms in total. The Bertz CT molecular complexity index is 194. The van der Waals surface area contributed by atoms with Gasteiger partial charge in [-0.25, -0.2) is 0 Å². The summed E-state index contributed by atoms with van der Waals surface area (Å²) >= 11 is 0. The largest absolute Gasteiger partial charge is 0.328 e. The SMILES string of the molecule is CCCN1C(C)(C)CC(N)CC1(C)C.CNC. The minimum absolute atomic E-state index is 0.261. The van der Waals surface area contributed by atoms with E-state index in [1.807, 2.05) is 14.1 Å². The zero-order valence-electron chi connectivity index (χ0n) is 12.9. The van der Waals surface area contributed by atoms with Crippen molar-refractivity contribution in [1.82, 2.24) is 10.2 Å². The van der Waals surface area contributed by atoms with Crippen LogP contribution in [0.5, 0.6) is 0 Å². The monoisotopic (exact) mass is 243 g/mol. The van der Waals surface area contributed by atoms with Crippen LogP contribution in [0.2, 0.25) is 0 Å². The van der Waals surface area contributed by atoms with Gasteiger partial charge in [-0.15, -0.1) is 0 Å². The van der Waals surface area contributed by atoms with Crippen molar-refractivity contribution in [3.8, 4) is 0 Å². The van der Waals surface area contributed by atoms with Crippen LogP contribution < -0.4 is 11.1 Å². The average Bonchev–Trinajstić information content (AvgIpc) is 2.10. The topological polar surface area (TPSA) is 41.3 Å². The molecule has 0 saturated carbocycles. The predicted octanol–water partition coefficient (Wildman–Crippen LogP) is 2.21. The van der Waals surface area contributed by atoms with E-state index in [9.17, 15) is 0 Å². The summed E-state index contributed by atoms with van der Waals surface area (Å²) in [6.45, 7) is 12.7. The fourth-order valence-electron chi connectivity index (χ4n) is 3.22. The van der Waals surface area contributed by atoms with Gasteiger partial charge in [0.1, 0.15) is 0 Å². The molecule has 1 saturated heterocycles. The van der Waals surface area contributed by atoms with Crippen molar-refractivity contribution in [2.24, 2.45) is 5.73 Å².